The second-order valence-corrected chi connectivity index (χ2v) is 6.69. The maximum Gasteiger partial charge on any atom is 0.310 e. The minimum atomic E-state index is -0.438. The highest BCUT2D eigenvalue weighted by atomic mass is 35.5. The molecule has 3 aromatic carbocycles. The summed E-state index contributed by atoms with van der Waals surface area (Å²) in [6.07, 6.45) is 0.120. The van der Waals surface area contributed by atoms with E-state index in [0.717, 1.165) is 21.9 Å². The summed E-state index contributed by atoms with van der Waals surface area (Å²) in [5.74, 6) is -0.805. The van der Waals surface area contributed by atoms with Gasteiger partial charge in [0.05, 0.1) is 12.5 Å². The van der Waals surface area contributed by atoms with Crippen LogP contribution in [0.5, 0.6) is 0 Å². The van der Waals surface area contributed by atoms with E-state index in [-0.39, 0.29) is 25.0 Å². The molecule has 1 N–H and O–H groups in total. The molecule has 1 atom stereocenters. The number of fused-ring (bicyclic) bond motifs is 1. The molecule has 0 radical (unpaired) electrons. The van der Waals surface area contributed by atoms with Crippen LogP contribution in [0.4, 0.5) is 0 Å². The van der Waals surface area contributed by atoms with Gasteiger partial charge in [-0.3, -0.25) is 9.59 Å². The van der Waals surface area contributed by atoms with Crippen molar-refractivity contribution in [2.45, 2.75) is 19.4 Å². The molecular formula is C22H20ClNO3. The molecule has 0 spiro atoms. The van der Waals surface area contributed by atoms with Crippen molar-refractivity contribution in [3.63, 3.8) is 0 Å². The predicted molar refractivity (Wildman–Crippen MR) is 107 cm³/mol. The van der Waals surface area contributed by atoms with Gasteiger partial charge in [0.15, 0.2) is 6.61 Å². The molecular weight excluding hydrogens is 362 g/mol. The summed E-state index contributed by atoms with van der Waals surface area (Å²) in [6.45, 7) is 1.51. The molecule has 0 bridgehead atoms. The Morgan fingerprint density at radius 3 is 2.52 bits per heavy atom. The summed E-state index contributed by atoms with van der Waals surface area (Å²) in [5, 5.41) is 5.44. The molecule has 0 saturated heterocycles. The van der Waals surface area contributed by atoms with Gasteiger partial charge >= 0.3 is 5.97 Å². The summed E-state index contributed by atoms with van der Waals surface area (Å²) in [7, 11) is 0. The molecule has 0 fully saturated rings. The van der Waals surface area contributed by atoms with Gasteiger partial charge in [-0.25, -0.2) is 0 Å². The number of carbonyl (C=O) groups is 2. The van der Waals surface area contributed by atoms with E-state index in [2.05, 4.69) is 5.32 Å². The minimum absolute atomic E-state index is 0.120. The number of hydrogen-bond donors (Lipinski definition) is 1. The van der Waals surface area contributed by atoms with Crippen LogP contribution >= 0.6 is 11.6 Å². The van der Waals surface area contributed by atoms with Crippen LogP contribution < -0.4 is 5.32 Å². The van der Waals surface area contributed by atoms with Gasteiger partial charge in [0, 0.05) is 5.02 Å². The standard InChI is InChI=1S/C22H20ClNO3/c1-15(18-10-4-5-12-20(18)23)24-21(25)14-27-22(26)13-17-9-6-8-16-7-2-3-11-19(16)17/h2-12,15H,13-14H2,1H3,(H,24,25)/t15-/m0/s1. The summed E-state index contributed by atoms with van der Waals surface area (Å²) >= 11 is 6.13. The first-order valence-electron chi connectivity index (χ1n) is 8.70. The van der Waals surface area contributed by atoms with Crippen molar-refractivity contribution in [1.82, 2.24) is 5.32 Å². The molecule has 1 amide bonds. The maximum atomic E-state index is 12.1. The number of nitrogens with one attached hydrogen (secondary N) is 1. The van der Waals surface area contributed by atoms with Gasteiger partial charge in [0.2, 0.25) is 0 Å². The summed E-state index contributed by atoms with van der Waals surface area (Å²) in [4.78, 5) is 24.2. The van der Waals surface area contributed by atoms with Crippen LogP contribution in [-0.2, 0) is 20.7 Å². The molecule has 0 aliphatic carbocycles. The molecule has 0 aromatic heterocycles. The largest absolute Gasteiger partial charge is 0.455 e. The van der Waals surface area contributed by atoms with Crippen molar-refractivity contribution >= 4 is 34.2 Å². The van der Waals surface area contributed by atoms with Gasteiger partial charge in [0.25, 0.3) is 5.91 Å². The minimum Gasteiger partial charge on any atom is -0.455 e. The van der Waals surface area contributed by atoms with Gasteiger partial charge in [0.1, 0.15) is 0 Å². The Morgan fingerprint density at radius 2 is 1.70 bits per heavy atom. The Hall–Kier alpha value is -2.85. The smallest absolute Gasteiger partial charge is 0.310 e. The summed E-state index contributed by atoms with van der Waals surface area (Å²) in [6, 6.07) is 20.7. The third-order valence-corrected chi connectivity index (χ3v) is 4.67. The van der Waals surface area contributed by atoms with Crippen LogP contribution in [0.2, 0.25) is 5.02 Å². The van der Waals surface area contributed by atoms with E-state index in [1.807, 2.05) is 67.6 Å². The molecule has 5 heteroatoms. The van der Waals surface area contributed by atoms with Crippen LogP contribution in [0.3, 0.4) is 0 Å². The van der Waals surface area contributed by atoms with Gasteiger partial charge < -0.3 is 10.1 Å². The fourth-order valence-corrected chi connectivity index (χ4v) is 3.29. The molecule has 0 aliphatic heterocycles. The second kappa shape index (κ2) is 8.69. The Kier molecular flexibility index (Phi) is 6.09. The summed E-state index contributed by atoms with van der Waals surface area (Å²) in [5.41, 5.74) is 1.69. The second-order valence-electron chi connectivity index (χ2n) is 6.29. The highest BCUT2D eigenvalue weighted by molar-refractivity contribution is 6.31. The van der Waals surface area contributed by atoms with E-state index < -0.39 is 5.97 Å². The Morgan fingerprint density at radius 1 is 1.00 bits per heavy atom. The van der Waals surface area contributed by atoms with Crippen molar-refractivity contribution < 1.29 is 14.3 Å². The van der Waals surface area contributed by atoms with Crippen molar-refractivity contribution in [1.29, 1.82) is 0 Å². The van der Waals surface area contributed by atoms with E-state index in [9.17, 15) is 9.59 Å². The number of halogens is 1. The highest BCUT2D eigenvalue weighted by Gasteiger charge is 2.14. The van der Waals surface area contributed by atoms with Crippen LogP contribution in [0.1, 0.15) is 24.1 Å². The normalized spacial score (nSPS) is 11.8. The molecule has 0 saturated carbocycles. The first-order valence-corrected chi connectivity index (χ1v) is 9.08. The number of amides is 1. The van der Waals surface area contributed by atoms with Crippen LogP contribution in [0.25, 0.3) is 10.8 Å². The molecule has 0 aliphatic rings. The van der Waals surface area contributed by atoms with Crippen molar-refractivity contribution in [2.75, 3.05) is 6.61 Å². The first kappa shape index (κ1) is 18.9. The van der Waals surface area contributed by atoms with Gasteiger partial charge in [-0.1, -0.05) is 72.3 Å². The molecule has 3 aromatic rings. The Balaban J connectivity index is 1.54. The highest BCUT2D eigenvalue weighted by Crippen LogP contribution is 2.22. The van der Waals surface area contributed by atoms with E-state index in [4.69, 9.17) is 16.3 Å². The van der Waals surface area contributed by atoms with Crippen LogP contribution in [0, 0.1) is 0 Å². The molecule has 4 nitrogen and oxygen atoms in total. The lowest BCUT2D eigenvalue weighted by Gasteiger charge is -2.15. The fourth-order valence-electron chi connectivity index (χ4n) is 2.99. The SMILES string of the molecule is C[C@H](NC(=O)COC(=O)Cc1cccc2ccccc12)c1ccccc1Cl. The van der Waals surface area contributed by atoms with Crippen LogP contribution in [-0.4, -0.2) is 18.5 Å². The first-order chi connectivity index (χ1) is 13.0. The molecule has 3 rings (SSSR count). The summed E-state index contributed by atoms with van der Waals surface area (Å²) < 4.78 is 5.14. The van der Waals surface area contributed by atoms with E-state index >= 15 is 0 Å². The monoisotopic (exact) mass is 381 g/mol. The predicted octanol–water partition coefficient (Wildman–Crippen LogP) is 4.46. The fraction of sp³-hybridized carbons (Fsp3) is 0.182. The average molecular weight is 382 g/mol. The van der Waals surface area contributed by atoms with Crippen molar-refractivity contribution in [2.24, 2.45) is 0 Å². The van der Waals surface area contributed by atoms with Gasteiger partial charge in [-0.05, 0) is 34.9 Å². The van der Waals surface area contributed by atoms with E-state index in [1.165, 1.54) is 0 Å². The lowest BCUT2D eigenvalue weighted by atomic mass is 10.0. The van der Waals surface area contributed by atoms with Gasteiger partial charge in [-0.15, -0.1) is 0 Å². The molecule has 27 heavy (non-hydrogen) atoms. The third kappa shape index (κ3) is 4.86. The van der Waals surface area contributed by atoms with Crippen molar-refractivity contribution in [3.05, 3.63) is 82.9 Å². The number of ether oxygens (including phenoxy) is 1. The van der Waals surface area contributed by atoms with E-state index in [0.29, 0.717) is 5.02 Å². The molecule has 0 heterocycles. The van der Waals surface area contributed by atoms with Crippen LogP contribution in [0.15, 0.2) is 66.7 Å². The Bertz CT molecular complexity index is 965. The number of rotatable bonds is 6. The lowest BCUT2D eigenvalue weighted by molar-refractivity contribution is -0.148. The topological polar surface area (TPSA) is 55.4 Å². The lowest BCUT2D eigenvalue weighted by Crippen LogP contribution is -2.31. The molecule has 0 unspecified atom stereocenters. The Labute approximate surface area is 163 Å². The van der Waals surface area contributed by atoms with E-state index in [1.54, 1.807) is 6.07 Å². The zero-order valence-corrected chi connectivity index (χ0v) is 15.7. The number of benzene rings is 3. The average Bonchev–Trinajstić information content (AvgIpc) is 2.67. The number of carbonyl (C=O) groups excluding carboxylic acids is 2. The number of esters is 1. The zero-order chi connectivity index (χ0) is 19.2. The zero-order valence-electron chi connectivity index (χ0n) is 14.9. The number of hydrogen-bond acceptors (Lipinski definition) is 3. The quantitative estimate of drug-likeness (QED) is 0.641. The van der Waals surface area contributed by atoms with Crippen molar-refractivity contribution in [3.8, 4) is 0 Å². The maximum absolute atomic E-state index is 12.1. The third-order valence-electron chi connectivity index (χ3n) is 4.33. The molecule has 138 valence electrons. The van der Waals surface area contributed by atoms with Gasteiger partial charge in [-0.2, -0.15) is 0 Å².